The van der Waals surface area contributed by atoms with E-state index in [0.29, 0.717) is 6.04 Å². The van der Waals surface area contributed by atoms with E-state index >= 15 is 0 Å². The molecule has 3 atom stereocenters. The van der Waals surface area contributed by atoms with Gasteiger partial charge in [-0.2, -0.15) is 0 Å². The second-order valence-corrected chi connectivity index (χ2v) is 7.42. The number of nitrogens with two attached hydrogens (primary N) is 1. The van der Waals surface area contributed by atoms with Crippen LogP contribution in [-0.4, -0.2) is 30.1 Å². The van der Waals surface area contributed by atoms with Crippen LogP contribution in [0.1, 0.15) is 65.7 Å². The highest BCUT2D eigenvalue weighted by Gasteiger charge is 2.34. The first kappa shape index (κ1) is 15.3. The van der Waals surface area contributed by atoms with E-state index in [-0.39, 0.29) is 0 Å². The highest BCUT2D eigenvalue weighted by molar-refractivity contribution is 4.90. The zero-order valence-electron chi connectivity index (χ0n) is 13.3. The van der Waals surface area contributed by atoms with E-state index in [1.165, 1.54) is 58.0 Å². The van der Waals surface area contributed by atoms with Crippen molar-refractivity contribution in [1.29, 1.82) is 0 Å². The Morgan fingerprint density at radius 2 is 1.89 bits per heavy atom. The predicted octanol–water partition coefficient (Wildman–Crippen LogP) is 3.65. The van der Waals surface area contributed by atoms with Crippen LogP contribution < -0.4 is 5.73 Å². The summed E-state index contributed by atoms with van der Waals surface area (Å²) in [6.45, 7) is 9.59. The molecule has 2 nitrogen and oxygen atoms in total. The van der Waals surface area contributed by atoms with Crippen LogP contribution in [0.2, 0.25) is 0 Å². The lowest BCUT2D eigenvalue weighted by atomic mass is 9.77. The van der Waals surface area contributed by atoms with Crippen LogP contribution in [-0.2, 0) is 0 Å². The molecule has 0 radical (unpaired) electrons. The molecule has 2 fully saturated rings. The van der Waals surface area contributed by atoms with Crippen LogP contribution in [0.5, 0.6) is 0 Å². The SMILES string of the molecule is CCC1CCC(N)C(CN(CCC(C)C)C2CC2)C1. The fourth-order valence-corrected chi connectivity index (χ4v) is 3.55. The first-order valence-corrected chi connectivity index (χ1v) is 8.59. The van der Waals surface area contributed by atoms with Gasteiger partial charge in [0.15, 0.2) is 0 Å². The summed E-state index contributed by atoms with van der Waals surface area (Å²) in [5.41, 5.74) is 6.39. The number of hydrogen-bond donors (Lipinski definition) is 1. The Labute approximate surface area is 120 Å². The molecule has 3 unspecified atom stereocenters. The highest BCUT2D eigenvalue weighted by Crippen LogP contribution is 2.34. The zero-order valence-corrected chi connectivity index (χ0v) is 13.3. The van der Waals surface area contributed by atoms with Gasteiger partial charge in [0.1, 0.15) is 0 Å². The summed E-state index contributed by atoms with van der Waals surface area (Å²) in [6, 6.07) is 1.36. The van der Waals surface area contributed by atoms with Gasteiger partial charge in [0, 0.05) is 18.6 Å². The fourth-order valence-electron chi connectivity index (χ4n) is 3.55. The van der Waals surface area contributed by atoms with Crippen LogP contribution in [0.3, 0.4) is 0 Å². The summed E-state index contributed by atoms with van der Waals surface area (Å²) in [5, 5.41) is 0. The van der Waals surface area contributed by atoms with Crippen molar-refractivity contribution in [2.75, 3.05) is 13.1 Å². The lowest BCUT2D eigenvalue weighted by molar-refractivity contribution is 0.144. The van der Waals surface area contributed by atoms with E-state index in [4.69, 9.17) is 5.73 Å². The molecule has 0 saturated heterocycles. The molecule has 0 aromatic carbocycles. The standard InChI is InChI=1S/C17H34N2/c1-4-14-5-8-17(18)15(11-14)12-19(16-6-7-16)10-9-13(2)3/h13-17H,4-12,18H2,1-3H3. The van der Waals surface area contributed by atoms with Gasteiger partial charge in [0.2, 0.25) is 0 Å². The van der Waals surface area contributed by atoms with Crippen molar-refractivity contribution in [3.8, 4) is 0 Å². The summed E-state index contributed by atoms with van der Waals surface area (Å²) in [7, 11) is 0. The zero-order chi connectivity index (χ0) is 13.8. The first-order chi connectivity index (χ1) is 9.10. The van der Waals surface area contributed by atoms with Gasteiger partial charge in [-0.3, -0.25) is 0 Å². The minimum Gasteiger partial charge on any atom is -0.327 e. The van der Waals surface area contributed by atoms with E-state index < -0.39 is 0 Å². The van der Waals surface area contributed by atoms with Gasteiger partial charge in [0.25, 0.3) is 0 Å². The molecule has 2 N–H and O–H groups in total. The van der Waals surface area contributed by atoms with Crippen molar-refractivity contribution in [3.63, 3.8) is 0 Å². The van der Waals surface area contributed by atoms with Gasteiger partial charge >= 0.3 is 0 Å². The average molecular weight is 266 g/mol. The van der Waals surface area contributed by atoms with Crippen molar-refractivity contribution in [2.24, 2.45) is 23.5 Å². The van der Waals surface area contributed by atoms with E-state index in [2.05, 4.69) is 25.7 Å². The topological polar surface area (TPSA) is 29.3 Å². The maximum Gasteiger partial charge on any atom is 0.00965 e. The second-order valence-electron chi connectivity index (χ2n) is 7.42. The van der Waals surface area contributed by atoms with Crippen LogP contribution in [0.4, 0.5) is 0 Å². The predicted molar refractivity (Wildman–Crippen MR) is 83.1 cm³/mol. The van der Waals surface area contributed by atoms with E-state index in [0.717, 1.165) is 23.8 Å². The third-order valence-electron chi connectivity index (χ3n) is 5.25. The molecule has 0 aliphatic heterocycles. The quantitative estimate of drug-likeness (QED) is 0.762. The van der Waals surface area contributed by atoms with Crippen molar-refractivity contribution in [2.45, 2.75) is 77.8 Å². The van der Waals surface area contributed by atoms with Crippen LogP contribution >= 0.6 is 0 Å². The lowest BCUT2D eigenvalue weighted by Crippen LogP contribution is -2.44. The second kappa shape index (κ2) is 7.08. The summed E-state index contributed by atoms with van der Waals surface area (Å²) >= 11 is 0. The molecule has 2 saturated carbocycles. The van der Waals surface area contributed by atoms with Crippen molar-refractivity contribution >= 4 is 0 Å². The van der Waals surface area contributed by atoms with Gasteiger partial charge in [-0.05, 0) is 62.8 Å². The average Bonchev–Trinajstić information content (AvgIpc) is 3.20. The van der Waals surface area contributed by atoms with E-state index in [9.17, 15) is 0 Å². The van der Waals surface area contributed by atoms with E-state index in [1.807, 2.05) is 0 Å². The van der Waals surface area contributed by atoms with Crippen LogP contribution in [0.25, 0.3) is 0 Å². The molecule has 0 heterocycles. The van der Waals surface area contributed by atoms with Gasteiger partial charge < -0.3 is 10.6 Å². The molecular formula is C17H34N2. The van der Waals surface area contributed by atoms with Crippen molar-refractivity contribution in [1.82, 2.24) is 4.90 Å². The third-order valence-corrected chi connectivity index (χ3v) is 5.25. The molecule has 2 aliphatic rings. The highest BCUT2D eigenvalue weighted by atomic mass is 15.2. The van der Waals surface area contributed by atoms with Gasteiger partial charge in [-0.15, -0.1) is 0 Å². The minimum absolute atomic E-state index is 0.461. The normalized spacial score (nSPS) is 32.2. The monoisotopic (exact) mass is 266 g/mol. The van der Waals surface area contributed by atoms with Crippen LogP contribution in [0.15, 0.2) is 0 Å². The maximum absolute atomic E-state index is 6.39. The molecular weight excluding hydrogens is 232 g/mol. The molecule has 19 heavy (non-hydrogen) atoms. The third kappa shape index (κ3) is 4.75. The fraction of sp³-hybridized carbons (Fsp3) is 1.00. The molecule has 0 aromatic heterocycles. The maximum atomic E-state index is 6.39. The lowest BCUT2D eigenvalue weighted by Gasteiger charge is -2.37. The Morgan fingerprint density at radius 3 is 2.47 bits per heavy atom. The smallest absolute Gasteiger partial charge is 0.00965 e. The Kier molecular flexibility index (Phi) is 5.70. The molecule has 0 bridgehead atoms. The number of hydrogen-bond acceptors (Lipinski definition) is 2. The summed E-state index contributed by atoms with van der Waals surface area (Å²) in [6.07, 6.45) is 9.54. The van der Waals surface area contributed by atoms with Gasteiger partial charge in [0.05, 0.1) is 0 Å². The number of rotatable bonds is 7. The Bertz CT molecular complexity index is 260. The molecule has 2 rings (SSSR count). The van der Waals surface area contributed by atoms with E-state index in [1.54, 1.807) is 0 Å². The first-order valence-electron chi connectivity index (χ1n) is 8.59. The van der Waals surface area contributed by atoms with Gasteiger partial charge in [-0.1, -0.05) is 27.2 Å². The Balaban J connectivity index is 1.84. The molecule has 0 aromatic rings. The van der Waals surface area contributed by atoms with Crippen LogP contribution in [0, 0.1) is 17.8 Å². The summed E-state index contributed by atoms with van der Waals surface area (Å²) in [5.74, 6) is 2.52. The molecule has 2 aliphatic carbocycles. The summed E-state index contributed by atoms with van der Waals surface area (Å²) < 4.78 is 0. The number of nitrogens with zero attached hydrogens (tertiary/aromatic N) is 1. The van der Waals surface area contributed by atoms with Gasteiger partial charge in [-0.25, -0.2) is 0 Å². The molecule has 0 spiro atoms. The summed E-state index contributed by atoms with van der Waals surface area (Å²) in [4.78, 5) is 2.77. The molecule has 112 valence electrons. The molecule has 0 amide bonds. The molecule has 2 heteroatoms. The largest absolute Gasteiger partial charge is 0.327 e. The Hall–Kier alpha value is -0.0800. The van der Waals surface area contributed by atoms with Crippen molar-refractivity contribution < 1.29 is 0 Å². The van der Waals surface area contributed by atoms with Crippen molar-refractivity contribution in [3.05, 3.63) is 0 Å². The Morgan fingerprint density at radius 1 is 1.16 bits per heavy atom. The minimum atomic E-state index is 0.461.